The Morgan fingerprint density at radius 2 is 1.85 bits per heavy atom. The molecule has 1 aliphatic rings. The molecule has 3 heteroatoms. The first-order valence-electron chi connectivity index (χ1n) is 7.44. The fraction of sp³-hybridized carbons (Fsp3) is 0.647. The Balaban J connectivity index is 1.95. The van der Waals surface area contributed by atoms with Gasteiger partial charge in [0.05, 0.1) is 19.8 Å². The monoisotopic (exact) mass is 277 g/mol. The van der Waals surface area contributed by atoms with Gasteiger partial charge in [-0.1, -0.05) is 44.2 Å². The fourth-order valence-corrected chi connectivity index (χ4v) is 3.25. The average molecular weight is 277 g/mol. The van der Waals surface area contributed by atoms with Crippen LogP contribution in [0.2, 0.25) is 0 Å². The molecule has 1 unspecified atom stereocenters. The van der Waals surface area contributed by atoms with E-state index >= 15 is 0 Å². The van der Waals surface area contributed by atoms with Gasteiger partial charge in [0.25, 0.3) is 0 Å². The van der Waals surface area contributed by atoms with Crippen molar-refractivity contribution in [2.24, 2.45) is 5.41 Å². The molecule has 1 aliphatic carbocycles. The van der Waals surface area contributed by atoms with Crippen LogP contribution in [0.1, 0.15) is 25.8 Å². The van der Waals surface area contributed by atoms with Crippen LogP contribution in [0.4, 0.5) is 0 Å². The second-order valence-corrected chi connectivity index (χ2v) is 6.58. The first-order chi connectivity index (χ1) is 9.52. The summed E-state index contributed by atoms with van der Waals surface area (Å²) in [5.41, 5.74) is 2.10. The van der Waals surface area contributed by atoms with Crippen molar-refractivity contribution < 1.29 is 9.84 Å². The number of benzene rings is 1. The van der Waals surface area contributed by atoms with E-state index in [-0.39, 0.29) is 12.0 Å². The maximum absolute atomic E-state index is 8.71. The topological polar surface area (TPSA) is 32.7 Å². The molecule has 1 fully saturated rings. The lowest BCUT2D eigenvalue weighted by atomic mass is 9.87. The van der Waals surface area contributed by atoms with Crippen molar-refractivity contribution in [1.29, 1.82) is 0 Å². The van der Waals surface area contributed by atoms with Crippen LogP contribution < -0.4 is 0 Å². The van der Waals surface area contributed by atoms with Gasteiger partial charge in [-0.2, -0.15) is 0 Å². The molecule has 1 aromatic rings. The summed E-state index contributed by atoms with van der Waals surface area (Å²) in [6.07, 6.45) is 1.24. The van der Waals surface area contributed by atoms with Crippen molar-refractivity contribution in [1.82, 2.24) is 4.90 Å². The zero-order chi connectivity index (χ0) is 14.6. The maximum Gasteiger partial charge on any atom is 0.0698 e. The predicted octanol–water partition coefficient (Wildman–Crippen LogP) is 2.29. The number of hydrogen-bond acceptors (Lipinski definition) is 3. The van der Waals surface area contributed by atoms with Crippen LogP contribution in [0.15, 0.2) is 30.3 Å². The Morgan fingerprint density at radius 1 is 1.20 bits per heavy atom. The van der Waals surface area contributed by atoms with Crippen LogP contribution in [0.3, 0.4) is 0 Å². The molecule has 0 bridgehead atoms. The first-order valence-corrected chi connectivity index (χ1v) is 7.44. The summed E-state index contributed by atoms with van der Waals surface area (Å²) in [5, 5.41) is 8.71. The highest BCUT2D eigenvalue weighted by Crippen LogP contribution is 2.64. The van der Waals surface area contributed by atoms with E-state index < -0.39 is 0 Å². The summed E-state index contributed by atoms with van der Waals surface area (Å²) < 4.78 is 5.35. The van der Waals surface area contributed by atoms with Gasteiger partial charge in [0.2, 0.25) is 0 Å². The van der Waals surface area contributed by atoms with E-state index in [0.29, 0.717) is 18.6 Å². The van der Waals surface area contributed by atoms with Gasteiger partial charge in [0.15, 0.2) is 0 Å². The van der Waals surface area contributed by atoms with E-state index in [1.807, 2.05) is 0 Å². The first kappa shape index (κ1) is 15.5. The molecule has 0 radical (unpaired) electrons. The summed E-state index contributed by atoms with van der Waals surface area (Å²) in [6, 6.07) is 10.9. The van der Waals surface area contributed by atoms with E-state index in [9.17, 15) is 0 Å². The standard InChI is InChI=1S/C17H27NO2/c1-16(2)13-17(16,15-7-5-4-6-8-15)14-18(3)9-11-20-12-10-19/h4-8,19H,9-14H2,1-3H3. The lowest BCUT2D eigenvalue weighted by Crippen LogP contribution is -2.34. The van der Waals surface area contributed by atoms with E-state index in [4.69, 9.17) is 9.84 Å². The summed E-state index contributed by atoms with van der Waals surface area (Å²) in [7, 11) is 2.15. The number of aliphatic hydroxyl groups is 1. The number of nitrogens with zero attached hydrogens (tertiary/aromatic N) is 1. The molecule has 0 saturated heterocycles. The molecule has 20 heavy (non-hydrogen) atoms. The summed E-state index contributed by atoms with van der Waals surface area (Å²) in [5.74, 6) is 0. The molecule has 2 rings (SSSR count). The summed E-state index contributed by atoms with van der Waals surface area (Å²) in [6.45, 7) is 7.90. The van der Waals surface area contributed by atoms with Crippen LogP contribution in [0.5, 0.6) is 0 Å². The van der Waals surface area contributed by atoms with Crippen molar-refractivity contribution in [3.05, 3.63) is 35.9 Å². The van der Waals surface area contributed by atoms with Crippen LogP contribution in [-0.4, -0.2) is 50.0 Å². The van der Waals surface area contributed by atoms with Gasteiger partial charge in [-0.3, -0.25) is 0 Å². The molecule has 0 amide bonds. The third-order valence-electron chi connectivity index (χ3n) is 4.63. The van der Waals surface area contributed by atoms with Gasteiger partial charge in [-0.05, 0) is 24.4 Å². The molecule has 0 aliphatic heterocycles. The largest absolute Gasteiger partial charge is 0.394 e. The zero-order valence-corrected chi connectivity index (χ0v) is 12.9. The van der Waals surface area contributed by atoms with Gasteiger partial charge in [-0.25, -0.2) is 0 Å². The van der Waals surface area contributed by atoms with E-state index in [1.165, 1.54) is 12.0 Å². The third kappa shape index (κ3) is 3.22. The molecule has 1 saturated carbocycles. The molecule has 0 heterocycles. The smallest absolute Gasteiger partial charge is 0.0698 e. The Kier molecular flexibility index (Phi) is 4.84. The SMILES string of the molecule is CN(CCOCCO)CC1(c2ccccc2)CC1(C)C. The molecule has 0 aromatic heterocycles. The van der Waals surface area contributed by atoms with Crippen LogP contribution >= 0.6 is 0 Å². The van der Waals surface area contributed by atoms with Gasteiger partial charge in [0.1, 0.15) is 0 Å². The number of likely N-dealkylation sites (N-methyl/N-ethyl adjacent to an activating group) is 1. The van der Waals surface area contributed by atoms with Gasteiger partial charge in [0, 0.05) is 18.5 Å². The van der Waals surface area contributed by atoms with E-state index in [2.05, 4.69) is 56.1 Å². The van der Waals surface area contributed by atoms with E-state index in [0.717, 1.165) is 13.1 Å². The van der Waals surface area contributed by atoms with Crippen molar-refractivity contribution in [3.63, 3.8) is 0 Å². The number of rotatable bonds is 8. The van der Waals surface area contributed by atoms with Crippen molar-refractivity contribution in [2.45, 2.75) is 25.7 Å². The highest BCUT2D eigenvalue weighted by Gasteiger charge is 2.61. The van der Waals surface area contributed by atoms with Crippen LogP contribution in [-0.2, 0) is 10.2 Å². The third-order valence-corrected chi connectivity index (χ3v) is 4.63. The van der Waals surface area contributed by atoms with Crippen molar-refractivity contribution in [2.75, 3.05) is 40.0 Å². The van der Waals surface area contributed by atoms with Crippen LogP contribution in [0, 0.1) is 5.41 Å². The normalized spacial score (nSPS) is 24.1. The van der Waals surface area contributed by atoms with Crippen LogP contribution in [0.25, 0.3) is 0 Å². The molecule has 112 valence electrons. The zero-order valence-electron chi connectivity index (χ0n) is 12.9. The second-order valence-electron chi connectivity index (χ2n) is 6.58. The molecule has 0 spiro atoms. The van der Waals surface area contributed by atoms with Gasteiger partial charge >= 0.3 is 0 Å². The minimum Gasteiger partial charge on any atom is -0.394 e. The molecule has 1 N–H and O–H groups in total. The Morgan fingerprint density at radius 3 is 2.40 bits per heavy atom. The molecular formula is C17H27NO2. The lowest BCUT2D eigenvalue weighted by molar-refractivity contribution is 0.0760. The second kappa shape index (κ2) is 6.25. The molecule has 1 aromatic carbocycles. The summed E-state index contributed by atoms with van der Waals surface area (Å²) >= 11 is 0. The molecular weight excluding hydrogens is 250 g/mol. The Labute approximate surface area is 122 Å². The average Bonchev–Trinajstić information content (AvgIpc) is 2.98. The fourth-order valence-electron chi connectivity index (χ4n) is 3.25. The van der Waals surface area contributed by atoms with Crippen molar-refractivity contribution in [3.8, 4) is 0 Å². The van der Waals surface area contributed by atoms with Crippen molar-refractivity contribution >= 4 is 0 Å². The maximum atomic E-state index is 8.71. The van der Waals surface area contributed by atoms with Gasteiger partial charge < -0.3 is 14.7 Å². The predicted molar refractivity (Wildman–Crippen MR) is 81.9 cm³/mol. The highest BCUT2D eigenvalue weighted by atomic mass is 16.5. The van der Waals surface area contributed by atoms with E-state index in [1.54, 1.807) is 0 Å². The number of ether oxygens (including phenoxy) is 1. The highest BCUT2D eigenvalue weighted by molar-refractivity contribution is 5.37. The lowest BCUT2D eigenvalue weighted by Gasteiger charge is -2.27. The molecule has 1 atom stereocenters. The minimum absolute atomic E-state index is 0.102. The summed E-state index contributed by atoms with van der Waals surface area (Å²) in [4.78, 5) is 2.35. The number of aliphatic hydroxyl groups excluding tert-OH is 1. The Bertz CT molecular complexity index is 418. The molecule has 3 nitrogen and oxygen atoms in total. The number of hydrogen-bond donors (Lipinski definition) is 1. The quantitative estimate of drug-likeness (QED) is 0.740. The van der Waals surface area contributed by atoms with Gasteiger partial charge in [-0.15, -0.1) is 0 Å². The minimum atomic E-state index is 0.102. The Hall–Kier alpha value is -0.900.